The quantitative estimate of drug-likeness (QED) is 0.750. The number of nitrogens with one attached hydrogen (secondary N) is 1. The summed E-state index contributed by atoms with van der Waals surface area (Å²) in [5.41, 5.74) is 2.32. The normalized spacial score (nSPS) is 10.8. The number of imidazole rings is 1. The predicted octanol–water partition coefficient (Wildman–Crippen LogP) is 2.97. The van der Waals surface area contributed by atoms with Crippen molar-refractivity contribution >= 4 is 16.9 Å². The molecule has 0 radical (unpaired) electrons. The average Bonchev–Trinajstić information content (AvgIpc) is 2.90. The summed E-state index contributed by atoms with van der Waals surface area (Å²) in [6.07, 6.45) is 0.283. The van der Waals surface area contributed by atoms with E-state index in [-0.39, 0.29) is 18.1 Å². The van der Waals surface area contributed by atoms with Gasteiger partial charge in [0.15, 0.2) is 0 Å². The third kappa shape index (κ3) is 3.96. The number of amides is 1. The van der Waals surface area contributed by atoms with Crippen LogP contribution in [0.15, 0.2) is 42.5 Å². The molecule has 5 nitrogen and oxygen atoms in total. The molecule has 0 saturated heterocycles. The fourth-order valence-corrected chi connectivity index (χ4v) is 2.68. The Kier molecular flexibility index (Phi) is 4.97. The fraction of sp³-hybridized carbons (Fsp3) is 0.263. The van der Waals surface area contributed by atoms with E-state index in [1.165, 1.54) is 12.1 Å². The first-order valence-corrected chi connectivity index (χ1v) is 8.16. The van der Waals surface area contributed by atoms with Crippen LogP contribution in [0.2, 0.25) is 0 Å². The molecule has 0 spiro atoms. The zero-order chi connectivity index (χ0) is 17.8. The molecule has 1 aromatic heterocycles. The molecule has 1 heterocycles. The Bertz CT molecular complexity index is 888. The van der Waals surface area contributed by atoms with Crippen molar-refractivity contribution in [1.29, 1.82) is 0 Å². The molecule has 2 aromatic carbocycles. The van der Waals surface area contributed by atoms with Crippen LogP contribution >= 0.6 is 0 Å². The number of hydrogen-bond donors (Lipinski definition) is 1. The maximum Gasteiger partial charge on any atom is 0.224 e. The van der Waals surface area contributed by atoms with Gasteiger partial charge in [0.25, 0.3) is 0 Å². The van der Waals surface area contributed by atoms with Gasteiger partial charge in [0.05, 0.1) is 30.6 Å². The summed E-state index contributed by atoms with van der Waals surface area (Å²) in [5, 5.41) is 2.86. The maximum absolute atomic E-state index is 13.3. The van der Waals surface area contributed by atoms with Gasteiger partial charge in [-0.2, -0.15) is 0 Å². The summed E-state index contributed by atoms with van der Waals surface area (Å²) < 4.78 is 20.5. The Hall–Kier alpha value is -2.89. The van der Waals surface area contributed by atoms with E-state index in [0.717, 1.165) is 16.8 Å². The smallest absolute Gasteiger partial charge is 0.224 e. The van der Waals surface area contributed by atoms with Gasteiger partial charge in [0, 0.05) is 13.1 Å². The number of ether oxygens (including phenoxy) is 1. The number of rotatable bonds is 6. The van der Waals surface area contributed by atoms with Crippen molar-refractivity contribution in [3.63, 3.8) is 0 Å². The summed E-state index contributed by atoms with van der Waals surface area (Å²) in [4.78, 5) is 16.5. The van der Waals surface area contributed by atoms with Crippen LogP contribution in [-0.4, -0.2) is 22.1 Å². The minimum Gasteiger partial charge on any atom is -0.494 e. The lowest BCUT2D eigenvalue weighted by molar-refractivity contribution is -0.120. The predicted molar refractivity (Wildman–Crippen MR) is 93.8 cm³/mol. The highest BCUT2D eigenvalue weighted by Gasteiger charge is 2.10. The fourth-order valence-electron chi connectivity index (χ4n) is 2.68. The van der Waals surface area contributed by atoms with Crippen LogP contribution in [0.25, 0.3) is 11.0 Å². The van der Waals surface area contributed by atoms with Crippen LogP contribution in [-0.2, 0) is 24.8 Å². The monoisotopic (exact) mass is 341 g/mol. The average molecular weight is 341 g/mol. The Morgan fingerprint density at radius 3 is 2.72 bits per heavy atom. The van der Waals surface area contributed by atoms with Gasteiger partial charge in [-0.1, -0.05) is 12.1 Å². The molecule has 1 amide bonds. The molecule has 25 heavy (non-hydrogen) atoms. The minimum atomic E-state index is -0.323. The number of hydrogen-bond acceptors (Lipinski definition) is 3. The van der Waals surface area contributed by atoms with Gasteiger partial charge in [-0.05, 0) is 36.8 Å². The lowest BCUT2D eigenvalue weighted by Crippen LogP contribution is -2.25. The molecule has 0 unspecified atom stereocenters. The molecule has 0 saturated carbocycles. The van der Waals surface area contributed by atoms with Gasteiger partial charge in [-0.25, -0.2) is 9.37 Å². The Morgan fingerprint density at radius 1 is 1.24 bits per heavy atom. The number of aromatic nitrogens is 2. The third-order valence-electron chi connectivity index (χ3n) is 3.98. The minimum absolute atomic E-state index is 0.0950. The van der Waals surface area contributed by atoms with Crippen molar-refractivity contribution in [2.24, 2.45) is 7.05 Å². The Labute approximate surface area is 145 Å². The molecule has 0 aliphatic heterocycles. The van der Waals surface area contributed by atoms with Crippen LogP contribution in [0.3, 0.4) is 0 Å². The van der Waals surface area contributed by atoms with Crippen LogP contribution in [0, 0.1) is 5.82 Å². The number of carbonyl (C=O) groups is 1. The molecule has 0 atom stereocenters. The molecular weight excluding hydrogens is 321 g/mol. The molecule has 3 aromatic rings. The summed E-state index contributed by atoms with van der Waals surface area (Å²) >= 11 is 0. The summed E-state index contributed by atoms with van der Waals surface area (Å²) in [5.74, 6) is 1.05. The molecule has 0 bridgehead atoms. The maximum atomic E-state index is 13.3. The summed E-state index contributed by atoms with van der Waals surface area (Å²) in [7, 11) is 1.85. The summed E-state index contributed by atoms with van der Waals surface area (Å²) in [6.45, 7) is 2.83. The Morgan fingerprint density at radius 2 is 2.00 bits per heavy atom. The second-order valence-electron chi connectivity index (χ2n) is 5.75. The van der Waals surface area contributed by atoms with Crippen molar-refractivity contribution < 1.29 is 13.9 Å². The van der Waals surface area contributed by atoms with Gasteiger partial charge in [0.2, 0.25) is 5.91 Å². The topological polar surface area (TPSA) is 56.1 Å². The lowest BCUT2D eigenvalue weighted by atomic mass is 10.1. The standard InChI is InChI=1S/C19H20FN3O2/c1-3-25-15-7-4-13(5-8-15)10-19(24)21-12-18-22-16-11-14(20)6-9-17(16)23(18)2/h4-9,11H,3,10,12H2,1-2H3,(H,21,24). The zero-order valence-corrected chi connectivity index (χ0v) is 14.3. The number of halogens is 1. The second-order valence-corrected chi connectivity index (χ2v) is 5.75. The second kappa shape index (κ2) is 7.34. The van der Waals surface area contributed by atoms with Gasteiger partial charge >= 0.3 is 0 Å². The van der Waals surface area contributed by atoms with E-state index in [2.05, 4.69) is 10.3 Å². The molecule has 3 rings (SSSR count). The van der Waals surface area contributed by atoms with E-state index >= 15 is 0 Å². The number of carbonyl (C=O) groups excluding carboxylic acids is 1. The molecule has 130 valence electrons. The van der Waals surface area contributed by atoms with Gasteiger partial charge in [-0.15, -0.1) is 0 Å². The highest BCUT2D eigenvalue weighted by atomic mass is 19.1. The molecule has 0 aliphatic rings. The molecular formula is C19H20FN3O2. The van der Waals surface area contributed by atoms with Crippen LogP contribution in [0.5, 0.6) is 5.75 Å². The number of fused-ring (bicyclic) bond motifs is 1. The van der Waals surface area contributed by atoms with Crippen molar-refractivity contribution in [2.75, 3.05) is 6.61 Å². The van der Waals surface area contributed by atoms with Gasteiger partial charge in [0.1, 0.15) is 17.4 Å². The SMILES string of the molecule is CCOc1ccc(CC(=O)NCc2nc3cc(F)ccc3n2C)cc1. The van der Waals surface area contributed by atoms with Gasteiger partial charge in [-0.3, -0.25) is 4.79 Å². The van der Waals surface area contributed by atoms with Crippen molar-refractivity contribution in [3.05, 3.63) is 59.7 Å². The van der Waals surface area contributed by atoms with E-state index < -0.39 is 0 Å². The Balaban J connectivity index is 1.61. The van der Waals surface area contributed by atoms with Crippen LogP contribution in [0.1, 0.15) is 18.3 Å². The zero-order valence-electron chi connectivity index (χ0n) is 14.3. The largest absolute Gasteiger partial charge is 0.494 e. The van der Waals surface area contributed by atoms with E-state index in [1.54, 1.807) is 6.07 Å². The molecule has 6 heteroatoms. The first-order chi connectivity index (χ1) is 12.1. The van der Waals surface area contributed by atoms with Crippen molar-refractivity contribution in [1.82, 2.24) is 14.9 Å². The van der Waals surface area contributed by atoms with Crippen LogP contribution < -0.4 is 10.1 Å². The van der Waals surface area contributed by atoms with Gasteiger partial charge < -0.3 is 14.6 Å². The van der Waals surface area contributed by atoms with E-state index in [9.17, 15) is 9.18 Å². The van der Waals surface area contributed by atoms with Crippen LogP contribution in [0.4, 0.5) is 4.39 Å². The number of nitrogens with zero attached hydrogens (tertiary/aromatic N) is 2. The molecule has 1 N–H and O–H groups in total. The first kappa shape index (κ1) is 17.0. The van der Waals surface area contributed by atoms with Crippen molar-refractivity contribution in [2.45, 2.75) is 19.9 Å². The van der Waals surface area contributed by atoms with E-state index in [4.69, 9.17) is 4.74 Å². The summed E-state index contributed by atoms with van der Waals surface area (Å²) in [6, 6.07) is 11.9. The third-order valence-corrected chi connectivity index (χ3v) is 3.98. The highest BCUT2D eigenvalue weighted by Crippen LogP contribution is 2.16. The molecule has 0 fully saturated rings. The lowest BCUT2D eigenvalue weighted by Gasteiger charge is -2.07. The van der Waals surface area contributed by atoms with E-state index in [1.807, 2.05) is 42.8 Å². The first-order valence-electron chi connectivity index (χ1n) is 8.16. The van der Waals surface area contributed by atoms with E-state index in [0.29, 0.717) is 24.5 Å². The number of aryl methyl sites for hydroxylation is 1. The van der Waals surface area contributed by atoms with Crippen molar-refractivity contribution in [3.8, 4) is 5.75 Å². The highest BCUT2D eigenvalue weighted by molar-refractivity contribution is 5.79. The molecule has 0 aliphatic carbocycles. The number of benzene rings is 2.